The van der Waals surface area contributed by atoms with Gasteiger partial charge < -0.3 is 10.1 Å². The first-order valence-electron chi connectivity index (χ1n) is 7.27. The van der Waals surface area contributed by atoms with E-state index in [1.807, 2.05) is 0 Å². The molecule has 0 aromatic rings. The Bertz CT molecular complexity index is 277. The summed E-state index contributed by atoms with van der Waals surface area (Å²) in [6, 6.07) is 0.992. The predicted molar refractivity (Wildman–Crippen MR) is 71.6 cm³/mol. The van der Waals surface area contributed by atoms with Crippen molar-refractivity contribution in [1.82, 2.24) is 10.2 Å². The number of carbonyl (C=O) groups is 1. The van der Waals surface area contributed by atoms with Crippen molar-refractivity contribution in [2.45, 2.75) is 57.5 Å². The lowest BCUT2D eigenvalue weighted by Gasteiger charge is -2.42. The van der Waals surface area contributed by atoms with Crippen molar-refractivity contribution in [2.24, 2.45) is 5.92 Å². The minimum atomic E-state index is -0.294. The third kappa shape index (κ3) is 3.61. The summed E-state index contributed by atoms with van der Waals surface area (Å²) in [5.41, 5.74) is 0. The second kappa shape index (κ2) is 6.41. The van der Waals surface area contributed by atoms with Crippen molar-refractivity contribution in [2.75, 3.05) is 20.2 Å². The normalized spacial score (nSPS) is 31.0. The minimum absolute atomic E-state index is 0.253. The number of alkyl carbamates (subject to hydrolysis) is 1. The summed E-state index contributed by atoms with van der Waals surface area (Å²) in [7, 11) is 1.43. The van der Waals surface area contributed by atoms with Crippen LogP contribution >= 0.6 is 0 Å². The number of amides is 1. The zero-order valence-corrected chi connectivity index (χ0v) is 11.7. The van der Waals surface area contributed by atoms with Crippen molar-refractivity contribution < 1.29 is 9.53 Å². The summed E-state index contributed by atoms with van der Waals surface area (Å²) in [5.74, 6) is 0.655. The molecule has 0 radical (unpaired) electrons. The molecule has 2 unspecified atom stereocenters. The third-order valence-corrected chi connectivity index (χ3v) is 4.29. The smallest absolute Gasteiger partial charge is 0.407 e. The molecule has 4 nitrogen and oxygen atoms in total. The quantitative estimate of drug-likeness (QED) is 0.822. The van der Waals surface area contributed by atoms with Gasteiger partial charge in [-0.25, -0.2) is 4.79 Å². The van der Waals surface area contributed by atoms with Gasteiger partial charge in [-0.2, -0.15) is 0 Å². The molecule has 2 fully saturated rings. The van der Waals surface area contributed by atoms with Crippen LogP contribution in [0.15, 0.2) is 0 Å². The van der Waals surface area contributed by atoms with Crippen LogP contribution in [0.2, 0.25) is 0 Å². The molecule has 2 aliphatic rings. The molecule has 104 valence electrons. The highest BCUT2D eigenvalue weighted by atomic mass is 16.5. The largest absolute Gasteiger partial charge is 0.453 e. The van der Waals surface area contributed by atoms with Crippen molar-refractivity contribution >= 4 is 6.09 Å². The molecule has 2 atom stereocenters. The van der Waals surface area contributed by atoms with Crippen molar-refractivity contribution in [3.63, 3.8) is 0 Å². The van der Waals surface area contributed by atoms with E-state index in [-0.39, 0.29) is 12.1 Å². The average molecular weight is 254 g/mol. The monoisotopic (exact) mass is 254 g/mol. The Morgan fingerprint density at radius 3 is 2.61 bits per heavy atom. The van der Waals surface area contributed by atoms with Crippen LogP contribution in [0.3, 0.4) is 0 Å². The number of ether oxygens (including phenoxy) is 1. The summed E-state index contributed by atoms with van der Waals surface area (Å²) in [5, 5.41) is 2.97. The molecular formula is C14H26N2O2. The van der Waals surface area contributed by atoms with E-state index in [9.17, 15) is 4.79 Å². The van der Waals surface area contributed by atoms with Crippen LogP contribution in [-0.4, -0.2) is 43.3 Å². The number of methoxy groups -OCH3 is 1. The topological polar surface area (TPSA) is 41.6 Å². The molecule has 1 saturated heterocycles. The van der Waals surface area contributed by atoms with E-state index >= 15 is 0 Å². The second-order valence-electron chi connectivity index (χ2n) is 5.92. The molecule has 1 aliphatic heterocycles. The Kier molecular flexibility index (Phi) is 4.87. The Labute approximate surface area is 110 Å². The molecule has 18 heavy (non-hydrogen) atoms. The molecule has 0 aromatic carbocycles. The fourth-order valence-electron chi connectivity index (χ4n) is 3.47. The lowest BCUT2D eigenvalue weighted by atomic mass is 9.89. The number of nitrogens with zero attached hydrogens (tertiary/aromatic N) is 1. The highest BCUT2D eigenvalue weighted by molar-refractivity contribution is 5.67. The summed E-state index contributed by atoms with van der Waals surface area (Å²) in [6.45, 7) is 4.45. The number of nitrogens with one attached hydrogen (secondary N) is 1. The van der Waals surface area contributed by atoms with Gasteiger partial charge in [0.15, 0.2) is 0 Å². The molecule has 1 aliphatic carbocycles. The van der Waals surface area contributed by atoms with E-state index in [0.717, 1.165) is 19.0 Å². The highest BCUT2D eigenvalue weighted by Crippen LogP contribution is 2.27. The Balaban J connectivity index is 1.88. The molecule has 2 rings (SSSR count). The fourth-order valence-corrected chi connectivity index (χ4v) is 3.47. The summed E-state index contributed by atoms with van der Waals surface area (Å²) < 4.78 is 4.70. The van der Waals surface area contributed by atoms with Gasteiger partial charge in [0.05, 0.1) is 7.11 Å². The van der Waals surface area contributed by atoms with Crippen LogP contribution in [-0.2, 0) is 4.74 Å². The van der Waals surface area contributed by atoms with Crippen LogP contribution in [0, 0.1) is 5.92 Å². The predicted octanol–water partition coefficient (Wildman–Crippen LogP) is 2.39. The maximum atomic E-state index is 11.3. The zero-order chi connectivity index (χ0) is 13.0. The van der Waals surface area contributed by atoms with E-state index in [1.54, 1.807) is 0 Å². The molecule has 1 heterocycles. The summed E-state index contributed by atoms with van der Waals surface area (Å²) in [4.78, 5) is 13.9. The molecule has 0 aromatic heterocycles. The van der Waals surface area contributed by atoms with Crippen molar-refractivity contribution in [3.05, 3.63) is 0 Å². The molecule has 4 heteroatoms. The van der Waals surface area contributed by atoms with Gasteiger partial charge >= 0.3 is 6.09 Å². The van der Waals surface area contributed by atoms with Gasteiger partial charge in [0.25, 0.3) is 0 Å². The number of likely N-dealkylation sites (tertiary alicyclic amines) is 1. The fraction of sp³-hybridized carbons (Fsp3) is 0.929. The SMILES string of the molecule is COC(=O)NC1CC(C)CN(C2CCCCC2)C1. The maximum Gasteiger partial charge on any atom is 0.407 e. The first kappa shape index (κ1) is 13.7. The summed E-state index contributed by atoms with van der Waals surface area (Å²) >= 11 is 0. The lowest BCUT2D eigenvalue weighted by Crippen LogP contribution is -2.53. The average Bonchev–Trinajstić information content (AvgIpc) is 2.39. The maximum absolute atomic E-state index is 11.3. The molecular weight excluding hydrogens is 228 g/mol. The van der Waals surface area contributed by atoms with Gasteiger partial charge in [-0.1, -0.05) is 26.2 Å². The highest BCUT2D eigenvalue weighted by Gasteiger charge is 2.30. The Hall–Kier alpha value is -0.770. The van der Waals surface area contributed by atoms with Gasteiger partial charge in [0.2, 0.25) is 0 Å². The molecule has 1 N–H and O–H groups in total. The number of piperidine rings is 1. The van der Waals surface area contributed by atoms with Gasteiger partial charge in [-0.3, -0.25) is 4.90 Å². The number of rotatable bonds is 2. The van der Waals surface area contributed by atoms with Gasteiger partial charge in [-0.05, 0) is 25.2 Å². The van der Waals surface area contributed by atoms with E-state index in [4.69, 9.17) is 4.74 Å². The van der Waals surface area contributed by atoms with Gasteiger partial charge in [0.1, 0.15) is 0 Å². The second-order valence-corrected chi connectivity index (χ2v) is 5.92. The van der Waals surface area contributed by atoms with Crippen LogP contribution in [0.5, 0.6) is 0 Å². The molecule has 0 spiro atoms. The van der Waals surface area contributed by atoms with Gasteiger partial charge in [0, 0.05) is 25.2 Å². The molecule has 1 amide bonds. The Morgan fingerprint density at radius 1 is 1.22 bits per heavy atom. The van der Waals surface area contributed by atoms with Crippen molar-refractivity contribution in [3.8, 4) is 0 Å². The third-order valence-electron chi connectivity index (χ3n) is 4.29. The number of hydrogen-bond acceptors (Lipinski definition) is 3. The summed E-state index contributed by atoms with van der Waals surface area (Å²) in [6.07, 6.45) is 7.56. The van der Waals surface area contributed by atoms with E-state index in [2.05, 4.69) is 17.1 Å². The van der Waals surface area contributed by atoms with Crippen LogP contribution in [0.1, 0.15) is 45.4 Å². The van der Waals surface area contributed by atoms with Crippen LogP contribution in [0.25, 0.3) is 0 Å². The molecule has 1 saturated carbocycles. The number of carbonyl (C=O) groups excluding carboxylic acids is 1. The number of hydrogen-bond donors (Lipinski definition) is 1. The Morgan fingerprint density at radius 2 is 1.94 bits per heavy atom. The van der Waals surface area contributed by atoms with Crippen molar-refractivity contribution in [1.29, 1.82) is 0 Å². The molecule has 0 bridgehead atoms. The standard InChI is InChI=1S/C14H26N2O2/c1-11-8-12(15-14(17)18-2)10-16(9-11)13-6-4-3-5-7-13/h11-13H,3-10H2,1-2H3,(H,15,17). The lowest BCUT2D eigenvalue weighted by molar-refractivity contribution is 0.0799. The van der Waals surface area contributed by atoms with Gasteiger partial charge in [-0.15, -0.1) is 0 Å². The van der Waals surface area contributed by atoms with Crippen LogP contribution < -0.4 is 5.32 Å². The van der Waals surface area contributed by atoms with E-state index in [1.165, 1.54) is 45.8 Å². The van der Waals surface area contributed by atoms with E-state index < -0.39 is 0 Å². The van der Waals surface area contributed by atoms with Crippen LogP contribution in [0.4, 0.5) is 4.79 Å². The first-order chi connectivity index (χ1) is 8.69. The minimum Gasteiger partial charge on any atom is -0.453 e. The zero-order valence-electron chi connectivity index (χ0n) is 11.7. The first-order valence-corrected chi connectivity index (χ1v) is 7.27. The van der Waals surface area contributed by atoms with E-state index in [0.29, 0.717) is 5.92 Å².